The van der Waals surface area contributed by atoms with E-state index < -0.39 is 17.7 Å². The molecular formula is C18H17ClFNO3. The molecule has 2 rings (SSSR count). The van der Waals surface area contributed by atoms with Crippen LogP contribution in [-0.2, 0) is 16.1 Å². The molecule has 6 heteroatoms. The van der Waals surface area contributed by atoms with Crippen molar-refractivity contribution in [3.63, 3.8) is 0 Å². The van der Waals surface area contributed by atoms with Crippen LogP contribution in [0, 0.1) is 19.7 Å². The zero-order valence-electron chi connectivity index (χ0n) is 13.4. The van der Waals surface area contributed by atoms with Crippen molar-refractivity contribution in [2.24, 2.45) is 0 Å². The number of rotatable bonds is 5. The molecule has 0 aromatic heterocycles. The minimum atomic E-state index is -0.557. The second-order valence-corrected chi connectivity index (χ2v) is 5.81. The number of benzene rings is 2. The van der Waals surface area contributed by atoms with Crippen LogP contribution in [0.15, 0.2) is 36.4 Å². The average Bonchev–Trinajstić information content (AvgIpc) is 2.56. The summed E-state index contributed by atoms with van der Waals surface area (Å²) < 4.78 is 18.0. The number of amides is 1. The summed E-state index contributed by atoms with van der Waals surface area (Å²) in [6, 6.07) is 9.37. The number of aryl methyl sites for hydroxylation is 2. The van der Waals surface area contributed by atoms with E-state index in [0.717, 1.165) is 11.1 Å². The average molecular weight is 350 g/mol. The SMILES string of the molecule is Cc1ccc(C(=O)OCC(=O)NCc2ccc(F)c(Cl)c2)cc1C. The highest BCUT2D eigenvalue weighted by atomic mass is 35.5. The molecule has 0 aliphatic rings. The quantitative estimate of drug-likeness (QED) is 0.839. The van der Waals surface area contributed by atoms with Crippen LogP contribution in [0.5, 0.6) is 0 Å². The first-order valence-electron chi connectivity index (χ1n) is 7.32. The van der Waals surface area contributed by atoms with E-state index in [1.807, 2.05) is 19.9 Å². The molecule has 4 nitrogen and oxygen atoms in total. The second-order valence-electron chi connectivity index (χ2n) is 5.40. The highest BCUT2D eigenvalue weighted by molar-refractivity contribution is 6.30. The van der Waals surface area contributed by atoms with Crippen LogP contribution in [0.3, 0.4) is 0 Å². The third-order valence-electron chi connectivity index (χ3n) is 3.55. The van der Waals surface area contributed by atoms with Gasteiger partial charge in [0, 0.05) is 6.54 Å². The minimum Gasteiger partial charge on any atom is -0.452 e. The van der Waals surface area contributed by atoms with E-state index in [4.69, 9.17) is 16.3 Å². The molecule has 0 bridgehead atoms. The number of carbonyl (C=O) groups excluding carboxylic acids is 2. The van der Waals surface area contributed by atoms with E-state index in [1.165, 1.54) is 18.2 Å². The van der Waals surface area contributed by atoms with E-state index in [2.05, 4.69) is 5.32 Å². The molecule has 1 N–H and O–H groups in total. The topological polar surface area (TPSA) is 55.4 Å². The van der Waals surface area contributed by atoms with E-state index in [9.17, 15) is 14.0 Å². The number of ether oxygens (including phenoxy) is 1. The van der Waals surface area contributed by atoms with Gasteiger partial charge in [-0.25, -0.2) is 9.18 Å². The maximum atomic E-state index is 13.0. The van der Waals surface area contributed by atoms with Gasteiger partial charge in [0.1, 0.15) is 5.82 Å². The fourth-order valence-corrected chi connectivity index (χ4v) is 2.19. The molecule has 0 saturated carbocycles. The van der Waals surface area contributed by atoms with Crippen LogP contribution >= 0.6 is 11.6 Å². The van der Waals surface area contributed by atoms with Gasteiger partial charge in [-0.05, 0) is 54.8 Å². The molecule has 24 heavy (non-hydrogen) atoms. The molecule has 126 valence electrons. The van der Waals surface area contributed by atoms with E-state index in [-0.39, 0.29) is 18.2 Å². The molecule has 0 heterocycles. The fraction of sp³-hybridized carbons (Fsp3) is 0.222. The Kier molecular flexibility index (Phi) is 5.93. The highest BCUT2D eigenvalue weighted by Gasteiger charge is 2.11. The predicted octanol–water partition coefficient (Wildman–Crippen LogP) is 3.57. The van der Waals surface area contributed by atoms with Gasteiger partial charge in [-0.1, -0.05) is 23.7 Å². The number of esters is 1. The molecule has 0 atom stereocenters. The van der Waals surface area contributed by atoms with Crippen molar-refractivity contribution in [3.05, 3.63) is 69.5 Å². The van der Waals surface area contributed by atoms with Crippen molar-refractivity contribution >= 4 is 23.5 Å². The van der Waals surface area contributed by atoms with Crippen molar-refractivity contribution in [3.8, 4) is 0 Å². The van der Waals surface area contributed by atoms with Crippen LogP contribution in [0.25, 0.3) is 0 Å². The minimum absolute atomic E-state index is 0.0112. The Balaban J connectivity index is 1.83. The number of carbonyl (C=O) groups is 2. The zero-order chi connectivity index (χ0) is 17.7. The van der Waals surface area contributed by atoms with Crippen LogP contribution in [0.2, 0.25) is 5.02 Å². The van der Waals surface area contributed by atoms with Gasteiger partial charge in [-0.2, -0.15) is 0 Å². The molecule has 1 amide bonds. The first kappa shape index (κ1) is 17.9. The monoisotopic (exact) mass is 349 g/mol. The van der Waals surface area contributed by atoms with Crippen LogP contribution < -0.4 is 5.32 Å². The van der Waals surface area contributed by atoms with Gasteiger partial charge in [-0.3, -0.25) is 4.79 Å². The lowest BCUT2D eigenvalue weighted by Gasteiger charge is -2.08. The summed E-state index contributed by atoms with van der Waals surface area (Å²) in [5.41, 5.74) is 3.09. The Bertz CT molecular complexity index is 777. The van der Waals surface area contributed by atoms with Gasteiger partial charge in [0.05, 0.1) is 10.6 Å². The maximum Gasteiger partial charge on any atom is 0.338 e. The Labute approximate surface area is 144 Å². The van der Waals surface area contributed by atoms with Crippen molar-refractivity contribution < 1.29 is 18.7 Å². The van der Waals surface area contributed by atoms with Gasteiger partial charge in [0.2, 0.25) is 0 Å². The Morgan fingerprint density at radius 1 is 1.12 bits per heavy atom. The number of halogens is 2. The van der Waals surface area contributed by atoms with Crippen LogP contribution in [0.4, 0.5) is 4.39 Å². The highest BCUT2D eigenvalue weighted by Crippen LogP contribution is 2.15. The van der Waals surface area contributed by atoms with Crippen molar-refractivity contribution in [1.29, 1.82) is 0 Å². The lowest BCUT2D eigenvalue weighted by atomic mass is 10.1. The van der Waals surface area contributed by atoms with Crippen LogP contribution in [0.1, 0.15) is 27.0 Å². The summed E-state index contributed by atoms with van der Waals surface area (Å²) in [6.07, 6.45) is 0. The Hall–Kier alpha value is -2.40. The third-order valence-corrected chi connectivity index (χ3v) is 3.84. The van der Waals surface area contributed by atoms with Crippen molar-refractivity contribution in [2.75, 3.05) is 6.61 Å². The lowest BCUT2D eigenvalue weighted by molar-refractivity contribution is -0.124. The summed E-state index contributed by atoms with van der Waals surface area (Å²) in [5.74, 6) is -1.53. The van der Waals surface area contributed by atoms with Gasteiger partial charge in [0.15, 0.2) is 6.61 Å². The summed E-state index contributed by atoms with van der Waals surface area (Å²) >= 11 is 5.67. The molecule has 2 aromatic rings. The smallest absolute Gasteiger partial charge is 0.338 e. The summed E-state index contributed by atoms with van der Waals surface area (Å²) in [5, 5.41) is 2.56. The van der Waals surface area contributed by atoms with E-state index in [0.29, 0.717) is 11.1 Å². The number of hydrogen-bond acceptors (Lipinski definition) is 3. The molecule has 0 fully saturated rings. The molecular weight excluding hydrogens is 333 g/mol. The molecule has 2 aromatic carbocycles. The zero-order valence-corrected chi connectivity index (χ0v) is 14.1. The second kappa shape index (κ2) is 7.93. The normalized spacial score (nSPS) is 10.3. The first-order chi connectivity index (χ1) is 11.4. The van der Waals surface area contributed by atoms with Gasteiger partial charge in [0.25, 0.3) is 5.91 Å². The number of nitrogens with one attached hydrogen (secondary N) is 1. The Morgan fingerprint density at radius 2 is 1.88 bits per heavy atom. The molecule has 0 aliphatic heterocycles. The van der Waals surface area contributed by atoms with Crippen molar-refractivity contribution in [2.45, 2.75) is 20.4 Å². The largest absolute Gasteiger partial charge is 0.452 e. The molecule has 0 unspecified atom stereocenters. The van der Waals surface area contributed by atoms with E-state index >= 15 is 0 Å². The molecule has 0 aliphatic carbocycles. The molecule has 0 radical (unpaired) electrons. The molecule has 0 saturated heterocycles. The maximum absolute atomic E-state index is 13.0. The lowest BCUT2D eigenvalue weighted by Crippen LogP contribution is -2.28. The van der Waals surface area contributed by atoms with Gasteiger partial charge >= 0.3 is 5.97 Å². The van der Waals surface area contributed by atoms with Crippen LogP contribution in [-0.4, -0.2) is 18.5 Å². The summed E-state index contributed by atoms with van der Waals surface area (Å²) in [4.78, 5) is 23.6. The first-order valence-corrected chi connectivity index (χ1v) is 7.69. The fourth-order valence-electron chi connectivity index (χ4n) is 1.98. The van der Waals surface area contributed by atoms with Gasteiger partial charge in [-0.15, -0.1) is 0 Å². The summed E-state index contributed by atoms with van der Waals surface area (Å²) in [7, 11) is 0. The Morgan fingerprint density at radius 3 is 2.54 bits per heavy atom. The molecule has 0 spiro atoms. The van der Waals surface area contributed by atoms with E-state index in [1.54, 1.807) is 12.1 Å². The summed E-state index contributed by atoms with van der Waals surface area (Å²) in [6.45, 7) is 3.62. The third kappa shape index (κ3) is 4.80. The van der Waals surface area contributed by atoms with Gasteiger partial charge < -0.3 is 10.1 Å². The standard InChI is InChI=1S/C18H17ClFNO3/c1-11-3-5-14(7-12(11)2)18(23)24-10-17(22)21-9-13-4-6-16(20)15(19)8-13/h3-8H,9-10H2,1-2H3,(H,21,22). The number of hydrogen-bond donors (Lipinski definition) is 1. The predicted molar refractivity (Wildman–Crippen MR) is 89.5 cm³/mol. The van der Waals surface area contributed by atoms with Crippen molar-refractivity contribution in [1.82, 2.24) is 5.32 Å².